The third-order valence-electron chi connectivity index (χ3n) is 4.22. The van der Waals surface area contributed by atoms with Gasteiger partial charge in [-0.05, 0) is 50.0 Å². The molecule has 5 heteroatoms. The second kappa shape index (κ2) is 9.20. The summed E-state index contributed by atoms with van der Waals surface area (Å²) in [5, 5.41) is 13.0. The molecule has 2 N–H and O–H groups in total. The molecule has 1 aliphatic heterocycles. The largest absolute Gasteiger partial charge is 0.389 e. The highest BCUT2D eigenvalue weighted by Gasteiger charge is 2.19. The molecule has 0 bridgehead atoms. The van der Waals surface area contributed by atoms with Gasteiger partial charge in [0.05, 0.1) is 12.7 Å². The van der Waals surface area contributed by atoms with Crippen molar-refractivity contribution in [2.45, 2.75) is 31.4 Å². The van der Waals surface area contributed by atoms with E-state index in [1.54, 1.807) is 7.11 Å². The zero-order valence-electron chi connectivity index (χ0n) is 13.3. The second-order valence-corrected chi connectivity index (χ2v) is 6.01. The number of likely N-dealkylation sites (tertiary alicyclic amines) is 1. The number of aliphatic hydroxyl groups excluding tert-OH is 1. The van der Waals surface area contributed by atoms with E-state index >= 15 is 0 Å². The van der Waals surface area contributed by atoms with Gasteiger partial charge < -0.3 is 20.1 Å². The van der Waals surface area contributed by atoms with Crippen LogP contribution in [0.15, 0.2) is 24.3 Å². The highest BCUT2D eigenvalue weighted by atomic mass is 19.1. The number of benzene rings is 1. The lowest BCUT2D eigenvalue weighted by Crippen LogP contribution is -2.45. The smallest absolute Gasteiger partial charge is 0.123 e. The van der Waals surface area contributed by atoms with Gasteiger partial charge in [-0.2, -0.15) is 0 Å². The fourth-order valence-corrected chi connectivity index (χ4v) is 2.85. The van der Waals surface area contributed by atoms with Gasteiger partial charge in [0.2, 0.25) is 0 Å². The zero-order valence-corrected chi connectivity index (χ0v) is 13.3. The Bertz CT molecular complexity index is 419. The molecule has 0 aliphatic carbocycles. The summed E-state index contributed by atoms with van der Waals surface area (Å²) < 4.78 is 17.8. The van der Waals surface area contributed by atoms with E-state index in [4.69, 9.17) is 4.74 Å². The molecule has 1 saturated heterocycles. The Hall–Kier alpha value is -1.01. The second-order valence-electron chi connectivity index (χ2n) is 6.01. The highest BCUT2D eigenvalue weighted by molar-refractivity contribution is 5.16. The van der Waals surface area contributed by atoms with E-state index in [0.717, 1.165) is 38.9 Å². The number of hydrogen-bond donors (Lipinski definition) is 2. The van der Waals surface area contributed by atoms with E-state index in [9.17, 15) is 9.50 Å². The van der Waals surface area contributed by atoms with Crippen molar-refractivity contribution in [2.75, 3.05) is 39.9 Å². The summed E-state index contributed by atoms with van der Waals surface area (Å²) in [5.41, 5.74) is 1.18. The highest BCUT2D eigenvalue weighted by Crippen LogP contribution is 2.12. The van der Waals surface area contributed by atoms with Crippen LogP contribution in [0.2, 0.25) is 0 Å². The maximum Gasteiger partial charge on any atom is 0.123 e. The first kappa shape index (κ1) is 17.3. The number of hydrogen-bond acceptors (Lipinski definition) is 4. The third kappa shape index (κ3) is 6.01. The zero-order chi connectivity index (χ0) is 15.8. The lowest BCUT2D eigenvalue weighted by Gasteiger charge is -2.32. The number of nitrogens with zero attached hydrogens (tertiary/aromatic N) is 1. The normalized spacial score (nSPS) is 18.5. The maximum absolute atomic E-state index is 12.9. The first-order chi connectivity index (χ1) is 10.7. The van der Waals surface area contributed by atoms with Crippen molar-refractivity contribution in [3.8, 4) is 0 Å². The number of aliphatic hydroxyl groups is 1. The summed E-state index contributed by atoms with van der Waals surface area (Å²) in [6.07, 6.45) is 2.73. The topological polar surface area (TPSA) is 44.7 Å². The van der Waals surface area contributed by atoms with Gasteiger partial charge in [0.1, 0.15) is 5.82 Å². The molecule has 0 aromatic heterocycles. The Morgan fingerprint density at radius 1 is 1.32 bits per heavy atom. The van der Waals surface area contributed by atoms with Gasteiger partial charge >= 0.3 is 0 Å². The molecule has 2 rings (SSSR count). The number of rotatable bonds is 8. The molecule has 0 amide bonds. The lowest BCUT2D eigenvalue weighted by molar-refractivity contribution is 0.0603. The average Bonchev–Trinajstić information content (AvgIpc) is 2.54. The van der Waals surface area contributed by atoms with Gasteiger partial charge in [-0.1, -0.05) is 12.1 Å². The van der Waals surface area contributed by atoms with Crippen LogP contribution in [0.1, 0.15) is 18.4 Å². The number of methoxy groups -OCH3 is 1. The van der Waals surface area contributed by atoms with E-state index in [1.165, 1.54) is 17.7 Å². The van der Waals surface area contributed by atoms with Crippen LogP contribution in [0.5, 0.6) is 0 Å². The van der Waals surface area contributed by atoms with Gasteiger partial charge in [-0.25, -0.2) is 4.39 Å². The van der Waals surface area contributed by atoms with Crippen LogP contribution in [0.4, 0.5) is 4.39 Å². The minimum absolute atomic E-state index is 0.175. The van der Waals surface area contributed by atoms with Crippen molar-refractivity contribution >= 4 is 0 Å². The summed E-state index contributed by atoms with van der Waals surface area (Å²) in [5.74, 6) is -0.175. The Morgan fingerprint density at radius 3 is 2.64 bits per heavy atom. The Kier molecular flexibility index (Phi) is 7.25. The molecule has 0 saturated carbocycles. The molecule has 1 unspecified atom stereocenters. The third-order valence-corrected chi connectivity index (χ3v) is 4.22. The molecule has 124 valence electrons. The van der Waals surface area contributed by atoms with Gasteiger partial charge in [0.15, 0.2) is 0 Å². The summed E-state index contributed by atoms with van der Waals surface area (Å²) >= 11 is 0. The molecule has 1 aliphatic rings. The first-order valence-electron chi connectivity index (χ1n) is 8.04. The number of piperidine rings is 1. The van der Waals surface area contributed by atoms with Crippen LogP contribution < -0.4 is 5.32 Å². The average molecular weight is 310 g/mol. The fourth-order valence-electron chi connectivity index (χ4n) is 2.85. The van der Waals surface area contributed by atoms with Crippen molar-refractivity contribution < 1.29 is 14.2 Å². The Balaban J connectivity index is 1.61. The van der Waals surface area contributed by atoms with E-state index in [1.807, 2.05) is 12.1 Å². The molecule has 4 nitrogen and oxygen atoms in total. The summed E-state index contributed by atoms with van der Waals surface area (Å²) in [6.45, 7) is 4.13. The lowest BCUT2D eigenvalue weighted by atomic mass is 10.0. The molecule has 0 spiro atoms. The maximum atomic E-state index is 12.9. The van der Waals surface area contributed by atoms with Crippen molar-refractivity contribution in [1.82, 2.24) is 10.2 Å². The van der Waals surface area contributed by atoms with Crippen LogP contribution in [0, 0.1) is 5.82 Å². The van der Waals surface area contributed by atoms with Crippen LogP contribution in [-0.4, -0.2) is 62.0 Å². The first-order valence-corrected chi connectivity index (χ1v) is 8.04. The Labute approximate surface area is 132 Å². The number of halogens is 1. The van der Waals surface area contributed by atoms with Crippen LogP contribution in [0.3, 0.4) is 0 Å². The van der Waals surface area contributed by atoms with Gasteiger partial charge in [0.25, 0.3) is 0 Å². The number of nitrogens with one attached hydrogen (secondary N) is 1. The summed E-state index contributed by atoms with van der Waals surface area (Å²) in [4.78, 5) is 2.45. The molecular formula is C17H27FN2O2. The summed E-state index contributed by atoms with van der Waals surface area (Å²) in [6, 6.07) is 7.25. The van der Waals surface area contributed by atoms with Crippen molar-refractivity contribution in [2.24, 2.45) is 0 Å². The molecule has 1 heterocycles. The van der Waals surface area contributed by atoms with E-state index in [2.05, 4.69) is 10.2 Å². The van der Waals surface area contributed by atoms with Crippen LogP contribution in [0.25, 0.3) is 0 Å². The van der Waals surface area contributed by atoms with Crippen LogP contribution in [-0.2, 0) is 11.2 Å². The molecule has 1 aromatic rings. The van der Waals surface area contributed by atoms with E-state index in [0.29, 0.717) is 19.2 Å². The standard InChI is InChI=1S/C17H27FN2O2/c1-22-13-17(21)12-19-16-7-10-20(11-8-16)9-6-14-2-4-15(18)5-3-14/h2-5,16-17,19,21H,6-13H2,1H3. The van der Waals surface area contributed by atoms with Crippen molar-refractivity contribution in [3.63, 3.8) is 0 Å². The minimum atomic E-state index is -0.429. The predicted octanol–water partition coefficient (Wildman–Crippen LogP) is 1.43. The minimum Gasteiger partial charge on any atom is -0.389 e. The van der Waals surface area contributed by atoms with Crippen LogP contribution >= 0.6 is 0 Å². The summed E-state index contributed by atoms with van der Waals surface area (Å²) in [7, 11) is 1.60. The molecule has 1 fully saturated rings. The molecule has 22 heavy (non-hydrogen) atoms. The molecule has 1 atom stereocenters. The predicted molar refractivity (Wildman–Crippen MR) is 85.5 cm³/mol. The molecule has 1 aromatic carbocycles. The van der Waals surface area contributed by atoms with Gasteiger partial charge in [-0.15, -0.1) is 0 Å². The number of ether oxygens (including phenoxy) is 1. The van der Waals surface area contributed by atoms with Gasteiger partial charge in [0, 0.05) is 26.2 Å². The van der Waals surface area contributed by atoms with Gasteiger partial charge in [-0.3, -0.25) is 0 Å². The quantitative estimate of drug-likeness (QED) is 0.762. The van der Waals surface area contributed by atoms with E-state index < -0.39 is 6.10 Å². The van der Waals surface area contributed by atoms with Crippen molar-refractivity contribution in [3.05, 3.63) is 35.6 Å². The SMILES string of the molecule is COCC(O)CNC1CCN(CCc2ccc(F)cc2)CC1. The monoisotopic (exact) mass is 310 g/mol. The van der Waals surface area contributed by atoms with Crippen molar-refractivity contribution in [1.29, 1.82) is 0 Å². The fraction of sp³-hybridized carbons (Fsp3) is 0.647. The molecular weight excluding hydrogens is 283 g/mol. The van der Waals surface area contributed by atoms with E-state index in [-0.39, 0.29) is 5.82 Å². The Morgan fingerprint density at radius 2 is 2.00 bits per heavy atom. The molecule has 0 radical (unpaired) electrons.